The second kappa shape index (κ2) is 6.46. The molecule has 0 saturated carbocycles. The number of nitrogens with zero attached hydrogens (tertiary/aromatic N) is 3. The van der Waals surface area contributed by atoms with Crippen LogP contribution in [0.5, 0.6) is 0 Å². The molecule has 0 aromatic carbocycles. The number of rotatable bonds is 3. The van der Waals surface area contributed by atoms with Gasteiger partial charge < -0.3 is 9.80 Å². The molecule has 0 unspecified atom stereocenters. The van der Waals surface area contributed by atoms with Crippen molar-refractivity contribution in [1.82, 2.24) is 9.88 Å². The van der Waals surface area contributed by atoms with Crippen molar-refractivity contribution in [3.05, 3.63) is 46.7 Å². The molecule has 2 aromatic rings. The van der Waals surface area contributed by atoms with Gasteiger partial charge in [0.2, 0.25) is 11.8 Å². The standard InChI is InChI=1S/C19H20FN3O2S/c1-13-10-22(17(24)8-15-3-2-14(20)9-21-15)12-19(13)5-6-23(18(19)25)16-4-7-26-11-16/h2-4,7,9,11,13H,5-6,8,10,12H2,1H3/t13-,19-/m1/s1. The van der Waals surface area contributed by atoms with Crippen molar-refractivity contribution in [3.8, 4) is 0 Å². The number of hydrogen-bond donors (Lipinski definition) is 0. The Labute approximate surface area is 155 Å². The number of carbonyl (C=O) groups is 2. The highest BCUT2D eigenvalue weighted by Crippen LogP contribution is 2.46. The molecule has 4 rings (SSSR count). The molecular formula is C19H20FN3O2S. The Morgan fingerprint density at radius 3 is 2.96 bits per heavy atom. The minimum atomic E-state index is -0.492. The molecule has 7 heteroatoms. The van der Waals surface area contributed by atoms with Crippen molar-refractivity contribution < 1.29 is 14.0 Å². The smallest absolute Gasteiger partial charge is 0.235 e. The average molecular weight is 373 g/mol. The fourth-order valence-corrected chi connectivity index (χ4v) is 4.73. The molecule has 0 N–H and O–H groups in total. The molecule has 0 radical (unpaired) electrons. The fourth-order valence-electron chi connectivity index (χ4n) is 4.08. The zero-order valence-electron chi connectivity index (χ0n) is 14.5. The molecule has 2 aliphatic rings. The van der Waals surface area contributed by atoms with Crippen LogP contribution < -0.4 is 4.90 Å². The Morgan fingerprint density at radius 2 is 2.27 bits per heavy atom. The monoisotopic (exact) mass is 373 g/mol. The van der Waals surface area contributed by atoms with E-state index in [9.17, 15) is 14.0 Å². The van der Waals surface area contributed by atoms with Crippen molar-refractivity contribution >= 4 is 28.8 Å². The fraction of sp³-hybridized carbons (Fsp3) is 0.421. The van der Waals surface area contributed by atoms with Gasteiger partial charge in [0.1, 0.15) is 5.82 Å². The predicted octanol–water partition coefficient (Wildman–Crippen LogP) is 2.73. The van der Waals surface area contributed by atoms with Crippen molar-refractivity contribution in [3.63, 3.8) is 0 Å². The summed E-state index contributed by atoms with van der Waals surface area (Å²) in [7, 11) is 0. The van der Waals surface area contributed by atoms with Crippen LogP contribution in [0.15, 0.2) is 35.2 Å². The van der Waals surface area contributed by atoms with E-state index in [4.69, 9.17) is 0 Å². The molecule has 2 atom stereocenters. The van der Waals surface area contributed by atoms with Crippen LogP contribution in [0.3, 0.4) is 0 Å². The number of likely N-dealkylation sites (tertiary alicyclic amines) is 1. The van der Waals surface area contributed by atoms with Crippen LogP contribution in [-0.2, 0) is 16.0 Å². The molecule has 26 heavy (non-hydrogen) atoms. The number of amides is 2. The van der Waals surface area contributed by atoms with Crippen molar-refractivity contribution in [2.24, 2.45) is 11.3 Å². The van der Waals surface area contributed by atoms with Gasteiger partial charge in [-0.1, -0.05) is 6.92 Å². The quantitative estimate of drug-likeness (QED) is 0.831. The zero-order chi connectivity index (χ0) is 18.3. The summed E-state index contributed by atoms with van der Waals surface area (Å²) in [5, 5.41) is 3.96. The predicted molar refractivity (Wildman–Crippen MR) is 97.4 cm³/mol. The van der Waals surface area contributed by atoms with Gasteiger partial charge in [0.05, 0.1) is 23.7 Å². The molecule has 2 aliphatic heterocycles. The maximum absolute atomic E-state index is 13.1. The Kier molecular flexibility index (Phi) is 4.26. The molecule has 0 bridgehead atoms. The highest BCUT2D eigenvalue weighted by atomic mass is 32.1. The molecule has 2 amide bonds. The molecule has 2 fully saturated rings. The molecule has 136 valence electrons. The lowest BCUT2D eigenvalue weighted by atomic mass is 9.78. The normalized spacial score (nSPS) is 25.5. The number of anilines is 1. The summed E-state index contributed by atoms with van der Waals surface area (Å²) in [5.74, 6) is -0.239. The van der Waals surface area contributed by atoms with Gasteiger partial charge in [-0.25, -0.2) is 4.39 Å². The Hall–Kier alpha value is -2.28. The summed E-state index contributed by atoms with van der Waals surface area (Å²) in [6, 6.07) is 4.80. The summed E-state index contributed by atoms with van der Waals surface area (Å²) in [5.41, 5.74) is 1.00. The van der Waals surface area contributed by atoms with Crippen LogP contribution in [-0.4, -0.2) is 41.3 Å². The molecular weight excluding hydrogens is 353 g/mol. The highest BCUT2D eigenvalue weighted by Gasteiger charge is 2.56. The lowest BCUT2D eigenvalue weighted by Crippen LogP contribution is -2.40. The van der Waals surface area contributed by atoms with Gasteiger partial charge in [-0.3, -0.25) is 14.6 Å². The van der Waals surface area contributed by atoms with Gasteiger partial charge in [0.25, 0.3) is 0 Å². The van der Waals surface area contributed by atoms with Crippen molar-refractivity contribution in [1.29, 1.82) is 0 Å². The van der Waals surface area contributed by atoms with E-state index in [0.717, 1.165) is 18.3 Å². The molecule has 1 spiro atoms. The van der Waals surface area contributed by atoms with Gasteiger partial charge in [-0.15, -0.1) is 0 Å². The average Bonchev–Trinajstić information content (AvgIpc) is 3.33. The SMILES string of the molecule is C[C@@H]1CN(C(=O)Cc2ccc(F)cn2)C[C@]12CCN(c1ccsc1)C2=O. The summed E-state index contributed by atoms with van der Waals surface area (Å²) < 4.78 is 13.0. The minimum absolute atomic E-state index is 0.0605. The maximum Gasteiger partial charge on any atom is 0.235 e. The van der Waals surface area contributed by atoms with E-state index in [1.807, 2.05) is 21.7 Å². The first-order chi connectivity index (χ1) is 12.5. The molecule has 5 nitrogen and oxygen atoms in total. The van der Waals surface area contributed by atoms with E-state index in [1.54, 1.807) is 16.2 Å². The van der Waals surface area contributed by atoms with Crippen LogP contribution in [0.4, 0.5) is 10.1 Å². The summed E-state index contributed by atoms with van der Waals surface area (Å²) >= 11 is 1.58. The van der Waals surface area contributed by atoms with Crippen LogP contribution in [0, 0.1) is 17.2 Å². The van der Waals surface area contributed by atoms with Crippen LogP contribution >= 0.6 is 11.3 Å². The first kappa shape index (κ1) is 17.1. The van der Waals surface area contributed by atoms with Gasteiger partial charge in [-0.2, -0.15) is 11.3 Å². The number of halogens is 1. The second-order valence-electron chi connectivity index (χ2n) is 7.16. The number of pyridine rings is 1. The number of aromatic nitrogens is 1. The van der Waals surface area contributed by atoms with Gasteiger partial charge >= 0.3 is 0 Å². The third kappa shape index (κ3) is 2.80. The first-order valence-corrected chi connectivity index (χ1v) is 9.66. The zero-order valence-corrected chi connectivity index (χ0v) is 15.3. The molecule has 0 aliphatic carbocycles. The number of carbonyl (C=O) groups excluding carboxylic acids is 2. The first-order valence-electron chi connectivity index (χ1n) is 8.72. The summed E-state index contributed by atoms with van der Waals surface area (Å²) in [6.45, 7) is 3.77. The Morgan fingerprint density at radius 1 is 1.42 bits per heavy atom. The second-order valence-corrected chi connectivity index (χ2v) is 7.94. The lowest BCUT2D eigenvalue weighted by Gasteiger charge is -2.26. The Bertz CT molecular complexity index is 824. The van der Waals surface area contributed by atoms with Crippen LogP contribution in [0.1, 0.15) is 19.0 Å². The Balaban J connectivity index is 1.48. The van der Waals surface area contributed by atoms with Gasteiger partial charge in [-0.05, 0) is 35.9 Å². The largest absolute Gasteiger partial charge is 0.341 e. The van der Waals surface area contributed by atoms with E-state index >= 15 is 0 Å². The number of thiophene rings is 1. The topological polar surface area (TPSA) is 53.5 Å². The highest BCUT2D eigenvalue weighted by molar-refractivity contribution is 7.08. The van der Waals surface area contributed by atoms with Gasteiger partial charge in [0.15, 0.2) is 0 Å². The third-order valence-electron chi connectivity index (χ3n) is 5.65. The van der Waals surface area contributed by atoms with E-state index in [0.29, 0.717) is 25.3 Å². The van der Waals surface area contributed by atoms with E-state index in [1.165, 1.54) is 12.1 Å². The van der Waals surface area contributed by atoms with Crippen molar-refractivity contribution in [2.45, 2.75) is 19.8 Å². The van der Waals surface area contributed by atoms with Crippen LogP contribution in [0.25, 0.3) is 0 Å². The third-order valence-corrected chi connectivity index (χ3v) is 6.33. The summed E-state index contributed by atoms with van der Waals surface area (Å²) in [6.07, 6.45) is 2.02. The van der Waals surface area contributed by atoms with Gasteiger partial charge in [0, 0.05) is 30.7 Å². The van der Waals surface area contributed by atoms with E-state index in [2.05, 4.69) is 11.9 Å². The molecule has 4 heterocycles. The van der Waals surface area contributed by atoms with E-state index < -0.39 is 11.2 Å². The van der Waals surface area contributed by atoms with Crippen molar-refractivity contribution in [2.75, 3.05) is 24.5 Å². The molecule has 2 saturated heterocycles. The van der Waals surface area contributed by atoms with Crippen LogP contribution in [0.2, 0.25) is 0 Å². The summed E-state index contributed by atoms with van der Waals surface area (Å²) in [4.78, 5) is 33.4. The van der Waals surface area contributed by atoms with E-state index in [-0.39, 0.29) is 24.2 Å². The minimum Gasteiger partial charge on any atom is -0.341 e. The number of hydrogen-bond acceptors (Lipinski definition) is 4. The lowest BCUT2D eigenvalue weighted by molar-refractivity contribution is -0.130. The maximum atomic E-state index is 13.1. The molecule has 2 aromatic heterocycles.